The Bertz CT molecular complexity index is 699. The molecule has 0 atom stereocenters. The Kier molecular flexibility index (Phi) is 13.4. The molecule has 1 aromatic heterocycles. The zero-order chi connectivity index (χ0) is 20.7. The van der Waals surface area contributed by atoms with Gasteiger partial charge in [-0.05, 0) is 63.0 Å². The number of aryl methyl sites for hydroxylation is 3. The first-order valence-electron chi connectivity index (χ1n) is 9.42. The van der Waals surface area contributed by atoms with Crippen molar-refractivity contribution in [2.45, 2.75) is 53.4 Å². The standard InChI is InChI=1S/C12H15NO.C6H13NO2.C4H6/c1-4-5-11-10-6-8(2)9(3)7-12(10)14-13-11;1-2-7-5-3-4-6(8)9;1-3-4-2/h6-7H,4-5H2,1-3H3;7H,2-5H2,1H3,(H,8,9);3-4H,1-2H2. The molecule has 27 heavy (non-hydrogen) atoms. The number of carboxylic acid groups (broad SMARTS) is 1. The summed E-state index contributed by atoms with van der Waals surface area (Å²) >= 11 is 0. The summed E-state index contributed by atoms with van der Waals surface area (Å²) in [5, 5.41) is 16.5. The van der Waals surface area contributed by atoms with Crippen molar-refractivity contribution >= 4 is 16.9 Å². The fraction of sp³-hybridized carbons (Fsp3) is 0.455. The fourth-order valence-electron chi connectivity index (χ4n) is 2.20. The van der Waals surface area contributed by atoms with E-state index in [1.807, 2.05) is 6.92 Å². The third-order valence-electron chi connectivity index (χ3n) is 3.81. The summed E-state index contributed by atoms with van der Waals surface area (Å²) < 4.78 is 5.29. The highest BCUT2D eigenvalue weighted by Gasteiger charge is 2.08. The van der Waals surface area contributed by atoms with Gasteiger partial charge in [-0.1, -0.05) is 50.7 Å². The zero-order valence-corrected chi connectivity index (χ0v) is 17.2. The van der Waals surface area contributed by atoms with Gasteiger partial charge in [-0.3, -0.25) is 4.79 Å². The highest BCUT2D eigenvalue weighted by atomic mass is 16.5. The molecule has 0 aliphatic rings. The Morgan fingerprint density at radius 1 is 1.22 bits per heavy atom. The molecule has 0 fully saturated rings. The molecule has 0 unspecified atom stereocenters. The summed E-state index contributed by atoms with van der Waals surface area (Å²) in [4.78, 5) is 9.93. The second-order valence-corrected chi connectivity index (χ2v) is 6.13. The van der Waals surface area contributed by atoms with Crippen molar-refractivity contribution in [3.63, 3.8) is 0 Å². The number of allylic oxidation sites excluding steroid dienone is 2. The van der Waals surface area contributed by atoms with Gasteiger partial charge >= 0.3 is 5.97 Å². The number of hydrogen-bond acceptors (Lipinski definition) is 4. The molecular weight excluding hydrogens is 340 g/mol. The zero-order valence-electron chi connectivity index (χ0n) is 17.2. The Balaban J connectivity index is 0.000000449. The summed E-state index contributed by atoms with van der Waals surface area (Å²) in [6.07, 6.45) is 6.38. The summed E-state index contributed by atoms with van der Waals surface area (Å²) in [5.74, 6) is -0.715. The van der Waals surface area contributed by atoms with Crippen molar-refractivity contribution in [2.75, 3.05) is 13.1 Å². The van der Waals surface area contributed by atoms with Crippen molar-refractivity contribution in [1.82, 2.24) is 10.5 Å². The van der Waals surface area contributed by atoms with Gasteiger partial charge in [-0.25, -0.2) is 0 Å². The van der Waals surface area contributed by atoms with E-state index in [0.29, 0.717) is 0 Å². The summed E-state index contributed by atoms with van der Waals surface area (Å²) in [6.45, 7) is 16.8. The first-order valence-corrected chi connectivity index (χ1v) is 9.42. The van der Waals surface area contributed by atoms with Crippen molar-refractivity contribution in [1.29, 1.82) is 0 Å². The monoisotopic (exact) mass is 374 g/mol. The summed E-state index contributed by atoms with van der Waals surface area (Å²) in [5.41, 5.74) is 4.57. The van der Waals surface area contributed by atoms with Crippen molar-refractivity contribution in [2.24, 2.45) is 0 Å². The molecule has 0 saturated carbocycles. The molecule has 0 aliphatic heterocycles. The average molecular weight is 375 g/mol. The lowest BCUT2D eigenvalue weighted by Gasteiger charge is -1.98. The van der Waals surface area contributed by atoms with Crippen LogP contribution < -0.4 is 5.32 Å². The molecular formula is C22H34N2O3. The van der Waals surface area contributed by atoms with E-state index < -0.39 is 5.97 Å². The molecule has 0 bridgehead atoms. The minimum atomic E-state index is -0.715. The molecule has 2 aromatic rings. The van der Waals surface area contributed by atoms with E-state index >= 15 is 0 Å². The van der Waals surface area contributed by atoms with Crippen LogP contribution >= 0.6 is 0 Å². The number of hydrogen-bond donors (Lipinski definition) is 2. The molecule has 0 aliphatic carbocycles. The molecule has 0 spiro atoms. The lowest BCUT2D eigenvalue weighted by atomic mass is 10.1. The molecule has 2 rings (SSSR count). The molecule has 0 saturated heterocycles. The summed E-state index contributed by atoms with van der Waals surface area (Å²) in [7, 11) is 0. The van der Waals surface area contributed by atoms with Crippen LogP contribution in [0.3, 0.4) is 0 Å². The van der Waals surface area contributed by atoms with Gasteiger partial charge in [0.05, 0.1) is 5.69 Å². The maximum atomic E-state index is 9.93. The first-order chi connectivity index (χ1) is 12.9. The van der Waals surface area contributed by atoms with Crippen molar-refractivity contribution in [3.8, 4) is 0 Å². The molecule has 1 heterocycles. The minimum absolute atomic E-state index is 0.271. The molecule has 0 radical (unpaired) electrons. The fourth-order valence-corrected chi connectivity index (χ4v) is 2.20. The number of fused-ring (bicyclic) bond motifs is 1. The van der Waals surface area contributed by atoms with Crippen LogP contribution in [0, 0.1) is 13.8 Å². The van der Waals surface area contributed by atoms with Gasteiger partial charge in [0.15, 0.2) is 5.58 Å². The van der Waals surface area contributed by atoms with Gasteiger partial charge < -0.3 is 14.9 Å². The van der Waals surface area contributed by atoms with Crippen LogP contribution in [0.25, 0.3) is 11.0 Å². The highest BCUT2D eigenvalue weighted by molar-refractivity contribution is 5.81. The Labute approximate surface area is 163 Å². The van der Waals surface area contributed by atoms with Crippen LogP contribution in [-0.2, 0) is 11.2 Å². The van der Waals surface area contributed by atoms with Gasteiger partial charge in [-0.2, -0.15) is 0 Å². The van der Waals surface area contributed by atoms with Crippen LogP contribution in [-0.4, -0.2) is 29.3 Å². The van der Waals surface area contributed by atoms with Gasteiger partial charge in [0.2, 0.25) is 0 Å². The normalized spacial score (nSPS) is 9.63. The van der Waals surface area contributed by atoms with Gasteiger partial charge in [0, 0.05) is 11.8 Å². The second-order valence-electron chi connectivity index (χ2n) is 6.13. The number of carbonyl (C=O) groups is 1. The average Bonchev–Trinajstić information content (AvgIpc) is 3.02. The first kappa shape index (κ1) is 24.6. The van der Waals surface area contributed by atoms with E-state index in [-0.39, 0.29) is 6.42 Å². The Morgan fingerprint density at radius 2 is 1.85 bits per heavy atom. The van der Waals surface area contributed by atoms with E-state index in [1.165, 1.54) is 16.5 Å². The second kappa shape index (κ2) is 14.7. The number of nitrogens with one attached hydrogen (secondary N) is 1. The minimum Gasteiger partial charge on any atom is -0.481 e. The van der Waals surface area contributed by atoms with Gasteiger partial charge in [0.25, 0.3) is 0 Å². The lowest BCUT2D eigenvalue weighted by molar-refractivity contribution is -0.137. The number of aromatic nitrogens is 1. The van der Waals surface area contributed by atoms with Crippen LogP contribution in [0.15, 0.2) is 42.0 Å². The quantitative estimate of drug-likeness (QED) is 0.489. The van der Waals surface area contributed by atoms with Crippen molar-refractivity contribution in [3.05, 3.63) is 54.3 Å². The third-order valence-corrected chi connectivity index (χ3v) is 3.81. The SMILES string of the molecule is C=CC=C.CCCc1noc2cc(C)c(C)cc12.CCNCCCC(=O)O. The van der Waals surface area contributed by atoms with Gasteiger partial charge in [0.1, 0.15) is 0 Å². The maximum Gasteiger partial charge on any atom is 0.303 e. The van der Waals surface area contributed by atoms with E-state index in [0.717, 1.165) is 43.6 Å². The molecule has 1 aromatic carbocycles. The van der Waals surface area contributed by atoms with Crippen LogP contribution in [0.2, 0.25) is 0 Å². The Morgan fingerprint density at radius 3 is 2.37 bits per heavy atom. The van der Waals surface area contributed by atoms with E-state index in [2.05, 4.69) is 56.5 Å². The van der Waals surface area contributed by atoms with Crippen LogP contribution in [0.4, 0.5) is 0 Å². The molecule has 150 valence electrons. The third kappa shape index (κ3) is 10.4. The number of nitrogens with zero attached hydrogens (tertiary/aromatic N) is 1. The van der Waals surface area contributed by atoms with Crippen LogP contribution in [0.1, 0.15) is 49.9 Å². The van der Waals surface area contributed by atoms with Crippen molar-refractivity contribution < 1.29 is 14.4 Å². The molecule has 2 N–H and O–H groups in total. The van der Waals surface area contributed by atoms with E-state index in [9.17, 15) is 4.79 Å². The maximum absolute atomic E-state index is 9.93. The largest absolute Gasteiger partial charge is 0.481 e. The van der Waals surface area contributed by atoms with E-state index in [4.69, 9.17) is 9.63 Å². The number of benzene rings is 1. The highest BCUT2D eigenvalue weighted by Crippen LogP contribution is 2.23. The topological polar surface area (TPSA) is 75.4 Å². The summed E-state index contributed by atoms with van der Waals surface area (Å²) in [6, 6.07) is 4.24. The van der Waals surface area contributed by atoms with E-state index in [1.54, 1.807) is 12.2 Å². The Hall–Kier alpha value is -2.40. The predicted molar refractivity (Wildman–Crippen MR) is 113 cm³/mol. The lowest BCUT2D eigenvalue weighted by Crippen LogP contribution is -2.14. The van der Waals surface area contributed by atoms with Crippen LogP contribution in [0.5, 0.6) is 0 Å². The molecule has 5 heteroatoms. The predicted octanol–water partition coefficient (Wildman–Crippen LogP) is 5.22. The smallest absolute Gasteiger partial charge is 0.303 e. The molecule has 5 nitrogen and oxygen atoms in total. The number of carboxylic acids is 1. The van der Waals surface area contributed by atoms with Gasteiger partial charge in [-0.15, -0.1) is 0 Å². The number of aliphatic carboxylic acids is 1. The number of rotatable bonds is 8. The molecule has 0 amide bonds.